The van der Waals surface area contributed by atoms with Gasteiger partial charge in [-0.2, -0.15) is 21.9 Å². The Hall–Kier alpha value is -4.38. The van der Waals surface area contributed by atoms with Gasteiger partial charge in [0, 0.05) is 35.8 Å². The molecule has 2 aromatic heterocycles. The largest absolute Gasteiger partial charge is 0.481 e. The molecule has 0 amide bonds. The van der Waals surface area contributed by atoms with Crippen molar-refractivity contribution in [3.05, 3.63) is 106 Å². The van der Waals surface area contributed by atoms with Crippen LogP contribution in [0.2, 0.25) is 0 Å². The summed E-state index contributed by atoms with van der Waals surface area (Å²) in [6.07, 6.45) is 1.51. The van der Waals surface area contributed by atoms with Crippen LogP contribution in [0.5, 0.6) is 5.88 Å². The van der Waals surface area contributed by atoms with E-state index in [4.69, 9.17) is 24.0 Å². The van der Waals surface area contributed by atoms with Gasteiger partial charge in [0.2, 0.25) is 5.88 Å². The smallest absolute Gasteiger partial charge is 0.303 e. The molecule has 2 aromatic carbocycles. The Labute approximate surface area is 286 Å². The first-order valence-corrected chi connectivity index (χ1v) is 18.6. The number of nitrogens with one attached hydrogen (secondary N) is 1. The van der Waals surface area contributed by atoms with Crippen LogP contribution in [0.1, 0.15) is 61.0 Å². The number of halogens is 1. The van der Waals surface area contributed by atoms with Crippen LogP contribution in [0.15, 0.2) is 66.7 Å². The zero-order chi connectivity index (χ0) is 37.0. The van der Waals surface area contributed by atoms with Crippen molar-refractivity contribution in [1.82, 2.24) is 14.8 Å². The van der Waals surface area contributed by atoms with Crippen molar-refractivity contribution in [3.8, 4) is 5.88 Å². The molecule has 0 fully saturated rings. The van der Waals surface area contributed by atoms with Gasteiger partial charge >= 0.3 is 5.97 Å². The molecule has 0 unspecified atom stereocenters. The number of nitrogens with zero attached hydrogens (tertiary/aromatic N) is 3. The Balaban J connectivity index is 0.000000730. The van der Waals surface area contributed by atoms with Crippen LogP contribution in [0, 0.1) is 12.7 Å². The zero-order valence-corrected chi connectivity index (χ0v) is 29.8. The van der Waals surface area contributed by atoms with Gasteiger partial charge in [-0.25, -0.2) is 9.07 Å². The highest BCUT2D eigenvalue weighted by molar-refractivity contribution is 7.85. The van der Waals surface area contributed by atoms with Gasteiger partial charge in [-0.3, -0.25) is 18.9 Å². The highest BCUT2D eigenvalue weighted by Crippen LogP contribution is 2.26. The topological polar surface area (TPSA) is 198 Å². The molecule has 4 aromatic rings. The quantitative estimate of drug-likeness (QED) is 0.146. The van der Waals surface area contributed by atoms with Gasteiger partial charge in [-0.1, -0.05) is 57.2 Å². The average Bonchev–Trinajstić information content (AvgIpc) is 3.37. The Kier molecular flexibility index (Phi) is 14.9. The second-order valence-corrected chi connectivity index (χ2v) is 15.1. The van der Waals surface area contributed by atoms with E-state index in [0.717, 1.165) is 28.2 Å². The monoisotopic (exact) mass is 722 g/mol. The predicted molar refractivity (Wildman–Crippen MR) is 184 cm³/mol. The maximum atomic E-state index is 14.3. The van der Waals surface area contributed by atoms with Crippen molar-refractivity contribution < 1.29 is 45.0 Å². The summed E-state index contributed by atoms with van der Waals surface area (Å²) < 4.78 is 74.1. The number of anilines is 1. The van der Waals surface area contributed by atoms with Gasteiger partial charge in [-0.05, 0) is 54.3 Å². The van der Waals surface area contributed by atoms with Crippen molar-refractivity contribution >= 4 is 31.9 Å². The van der Waals surface area contributed by atoms with Crippen LogP contribution in [0.4, 0.5) is 10.1 Å². The van der Waals surface area contributed by atoms with E-state index in [9.17, 15) is 26.0 Å². The van der Waals surface area contributed by atoms with Crippen molar-refractivity contribution in [2.75, 3.05) is 17.8 Å². The van der Waals surface area contributed by atoms with E-state index < -0.39 is 32.0 Å². The van der Waals surface area contributed by atoms with E-state index in [-0.39, 0.29) is 18.3 Å². The summed E-state index contributed by atoms with van der Waals surface area (Å²) in [5, 5.41) is 16.9. The fourth-order valence-corrected chi connectivity index (χ4v) is 4.06. The lowest BCUT2D eigenvalue weighted by Crippen LogP contribution is -2.13. The van der Waals surface area contributed by atoms with Gasteiger partial charge < -0.3 is 15.2 Å². The molecule has 0 aliphatic heterocycles. The molecular weight excluding hydrogens is 680 g/mol. The number of aliphatic carboxylic acids is 1. The molecule has 16 heteroatoms. The molecule has 0 aliphatic carbocycles. The molecule has 2 heterocycles. The summed E-state index contributed by atoms with van der Waals surface area (Å²) in [6.45, 7) is 9.80. The average molecular weight is 723 g/mol. The van der Waals surface area contributed by atoms with E-state index in [1.54, 1.807) is 12.1 Å². The number of hydrogen-bond donors (Lipinski definition) is 4. The number of carboxylic acid groups (broad SMARTS) is 1. The number of hydrogen-bond acceptors (Lipinski definition) is 9. The Morgan fingerprint density at radius 1 is 0.939 bits per heavy atom. The normalized spacial score (nSPS) is 11.4. The molecule has 268 valence electrons. The van der Waals surface area contributed by atoms with Crippen molar-refractivity contribution in [3.63, 3.8) is 0 Å². The van der Waals surface area contributed by atoms with Crippen LogP contribution in [-0.4, -0.2) is 64.3 Å². The molecule has 0 spiro atoms. The number of aryl methyl sites for hydroxylation is 2. The van der Waals surface area contributed by atoms with Crippen LogP contribution < -0.4 is 10.1 Å². The van der Waals surface area contributed by atoms with Gasteiger partial charge in [-0.15, -0.1) is 0 Å². The molecule has 0 radical (unpaired) electrons. The summed E-state index contributed by atoms with van der Waals surface area (Å²) in [5.41, 5.74) is 5.83. The van der Waals surface area contributed by atoms with E-state index in [1.807, 2.05) is 48.0 Å². The summed E-state index contributed by atoms with van der Waals surface area (Å²) in [6, 6.07) is 20.9. The van der Waals surface area contributed by atoms with Gasteiger partial charge in [0.1, 0.15) is 12.4 Å². The molecule has 0 saturated heterocycles. The highest BCUT2D eigenvalue weighted by atomic mass is 32.2. The van der Waals surface area contributed by atoms with Crippen LogP contribution >= 0.6 is 0 Å². The molecule has 0 saturated carbocycles. The fraction of sp³-hybridized carbons (Fsp3) is 0.364. The molecule has 4 rings (SSSR count). The number of aromatic nitrogens is 3. The summed E-state index contributed by atoms with van der Waals surface area (Å²) in [4.78, 5) is 15.3. The first kappa shape index (κ1) is 40.8. The van der Waals surface area contributed by atoms with Crippen LogP contribution in [0.3, 0.4) is 0 Å². The third kappa shape index (κ3) is 17.5. The standard InChI is InChI=1S/C31H35FN4O3.2CH4O3S/c1-21-6-5-7-26(34-21)20-39-29-17-28(31(2,3)4)35-36(29)19-23-10-8-22(9-11-23)18-33-25-14-12-24(27(32)16-25)13-15-30(37)38;2*1-5(2,3)4/h5-12,14,16-17,33H,13,15,18-20H2,1-4H3,(H,37,38);2*1H3,(H,2,3,4). The molecule has 0 atom stereocenters. The lowest BCUT2D eigenvalue weighted by molar-refractivity contribution is -0.136. The molecular formula is C33H43FN4O9S2. The van der Waals surface area contributed by atoms with Gasteiger partial charge in [0.15, 0.2) is 0 Å². The molecule has 4 N–H and O–H groups in total. The minimum absolute atomic E-state index is 0.0936. The number of pyridine rings is 1. The lowest BCUT2D eigenvalue weighted by atomic mass is 9.93. The third-order valence-corrected chi connectivity index (χ3v) is 6.34. The maximum Gasteiger partial charge on any atom is 0.303 e. The first-order chi connectivity index (χ1) is 22.6. The molecule has 0 bridgehead atoms. The van der Waals surface area contributed by atoms with Gasteiger partial charge in [0.05, 0.1) is 30.4 Å². The van der Waals surface area contributed by atoms with E-state index in [0.29, 0.717) is 49.3 Å². The number of rotatable bonds is 11. The van der Waals surface area contributed by atoms with Crippen molar-refractivity contribution in [2.45, 2.75) is 65.6 Å². The summed E-state index contributed by atoms with van der Waals surface area (Å²) in [5.74, 6) is -0.644. The maximum absolute atomic E-state index is 14.3. The minimum atomic E-state index is -3.67. The zero-order valence-electron chi connectivity index (χ0n) is 28.2. The van der Waals surface area contributed by atoms with Crippen LogP contribution in [0.25, 0.3) is 0 Å². The summed E-state index contributed by atoms with van der Waals surface area (Å²) >= 11 is 0. The van der Waals surface area contributed by atoms with E-state index >= 15 is 0 Å². The summed E-state index contributed by atoms with van der Waals surface area (Å²) in [7, 11) is -7.33. The van der Waals surface area contributed by atoms with E-state index in [2.05, 4.69) is 43.2 Å². The fourth-order valence-electron chi connectivity index (χ4n) is 4.06. The Bertz CT molecular complexity index is 1860. The Morgan fingerprint density at radius 2 is 1.53 bits per heavy atom. The highest BCUT2D eigenvalue weighted by Gasteiger charge is 2.21. The number of carboxylic acids is 1. The Morgan fingerprint density at radius 3 is 2.06 bits per heavy atom. The molecule has 13 nitrogen and oxygen atoms in total. The van der Waals surface area contributed by atoms with Crippen molar-refractivity contribution in [2.24, 2.45) is 0 Å². The molecule has 0 aliphatic rings. The van der Waals surface area contributed by atoms with Crippen LogP contribution in [-0.2, 0) is 56.6 Å². The lowest BCUT2D eigenvalue weighted by Gasteiger charge is -2.14. The first-order valence-electron chi connectivity index (χ1n) is 14.9. The second kappa shape index (κ2) is 17.9. The van der Waals surface area contributed by atoms with Crippen molar-refractivity contribution in [1.29, 1.82) is 0 Å². The van der Waals surface area contributed by atoms with Gasteiger partial charge in [0.25, 0.3) is 20.2 Å². The predicted octanol–water partition coefficient (Wildman–Crippen LogP) is 5.29. The third-order valence-electron chi connectivity index (χ3n) is 6.34. The number of carbonyl (C=O) groups is 1. The number of benzene rings is 2. The minimum Gasteiger partial charge on any atom is -0.481 e. The van der Waals surface area contributed by atoms with E-state index in [1.165, 1.54) is 6.07 Å². The number of ether oxygens (including phenoxy) is 1. The SMILES string of the molecule is CS(=O)(=O)O.CS(=O)(=O)O.Cc1cccc(COc2cc(C(C)(C)C)nn2Cc2ccc(CNc3ccc(CCC(=O)O)c(F)c3)cc2)n1. The molecule has 49 heavy (non-hydrogen) atoms. The second-order valence-electron chi connectivity index (χ2n) is 12.2.